The van der Waals surface area contributed by atoms with E-state index < -0.39 is 10.0 Å². The average molecular weight is 325 g/mol. The predicted octanol–water partition coefficient (Wildman–Crippen LogP) is 3.25. The summed E-state index contributed by atoms with van der Waals surface area (Å²) in [7, 11) is -3.65. The number of rotatable bonds is 4. The maximum absolute atomic E-state index is 12.4. The summed E-state index contributed by atoms with van der Waals surface area (Å²) in [4.78, 5) is 8.22. The van der Waals surface area contributed by atoms with Gasteiger partial charge in [-0.3, -0.25) is 9.71 Å². The first-order chi connectivity index (χ1) is 11.0. The topological polar surface area (TPSA) is 72.0 Å². The maximum atomic E-state index is 12.4. The molecule has 0 saturated carbocycles. The molecule has 0 saturated heterocycles. The van der Waals surface area contributed by atoms with Gasteiger partial charge in [0.2, 0.25) is 0 Å². The fourth-order valence-electron chi connectivity index (χ4n) is 2.10. The number of nitrogens with one attached hydrogen (secondary N) is 1. The van der Waals surface area contributed by atoms with Crippen LogP contribution in [-0.2, 0) is 10.0 Å². The first kappa shape index (κ1) is 15.2. The number of sulfonamides is 1. The van der Waals surface area contributed by atoms with Crippen LogP contribution in [0.25, 0.3) is 11.1 Å². The monoisotopic (exact) mass is 325 g/mol. The number of hydrogen-bond acceptors (Lipinski definition) is 4. The van der Waals surface area contributed by atoms with Crippen molar-refractivity contribution in [1.82, 2.24) is 9.97 Å². The van der Waals surface area contributed by atoms with Crippen LogP contribution in [0.5, 0.6) is 0 Å². The van der Waals surface area contributed by atoms with Crippen molar-refractivity contribution in [3.05, 3.63) is 72.7 Å². The lowest BCUT2D eigenvalue weighted by Gasteiger charge is -2.08. The molecular formula is C17H15N3O2S. The molecule has 0 fully saturated rings. The Hall–Kier alpha value is -2.73. The summed E-state index contributed by atoms with van der Waals surface area (Å²) in [6.45, 7) is 1.89. The van der Waals surface area contributed by atoms with E-state index in [1.807, 2.05) is 19.1 Å². The molecule has 0 aliphatic heterocycles. The molecule has 3 aromatic rings. The largest absolute Gasteiger partial charge is 0.265 e. The molecule has 5 nitrogen and oxygen atoms in total. The molecule has 23 heavy (non-hydrogen) atoms. The van der Waals surface area contributed by atoms with Crippen molar-refractivity contribution in [2.45, 2.75) is 11.8 Å². The number of hydrogen-bond donors (Lipinski definition) is 1. The molecule has 2 heterocycles. The molecule has 0 amide bonds. The van der Waals surface area contributed by atoms with Gasteiger partial charge < -0.3 is 0 Å². The van der Waals surface area contributed by atoms with Crippen molar-refractivity contribution in [3.8, 4) is 11.1 Å². The lowest BCUT2D eigenvalue weighted by molar-refractivity contribution is 0.601. The van der Waals surface area contributed by atoms with E-state index in [1.165, 1.54) is 0 Å². The Morgan fingerprint density at radius 3 is 2.13 bits per heavy atom. The van der Waals surface area contributed by atoms with Crippen LogP contribution in [0.3, 0.4) is 0 Å². The Balaban J connectivity index is 1.84. The van der Waals surface area contributed by atoms with Gasteiger partial charge in [-0.2, -0.15) is 0 Å². The highest BCUT2D eigenvalue weighted by Gasteiger charge is 2.14. The van der Waals surface area contributed by atoms with E-state index in [-0.39, 0.29) is 4.90 Å². The standard InChI is InChI=1S/C17H15N3O2S/c1-13-2-7-17(19-12-13)20-23(21,22)16-5-3-14(4-6-16)15-8-10-18-11-9-15/h2-12H,1H3,(H,19,20). The highest BCUT2D eigenvalue weighted by molar-refractivity contribution is 7.92. The fraction of sp³-hybridized carbons (Fsp3) is 0.0588. The Morgan fingerprint density at radius 1 is 0.870 bits per heavy atom. The molecule has 0 unspecified atom stereocenters. The van der Waals surface area contributed by atoms with Gasteiger partial charge >= 0.3 is 0 Å². The Morgan fingerprint density at radius 2 is 1.52 bits per heavy atom. The maximum Gasteiger partial charge on any atom is 0.263 e. The molecule has 1 N–H and O–H groups in total. The summed E-state index contributed by atoms with van der Waals surface area (Å²) in [6, 6.07) is 13.9. The molecule has 3 rings (SSSR count). The van der Waals surface area contributed by atoms with Crippen molar-refractivity contribution < 1.29 is 8.42 Å². The second-order valence-electron chi connectivity index (χ2n) is 5.09. The van der Waals surface area contributed by atoms with Gasteiger partial charge in [0.15, 0.2) is 0 Å². The Kier molecular flexibility index (Phi) is 4.08. The van der Waals surface area contributed by atoms with Gasteiger partial charge in [-0.25, -0.2) is 13.4 Å². The summed E-state index contributed by atoms with van der Waals surface area (Å²) in [5.41, 5.74) is 2.88. The molecule has 0 aliphatic carbocycles. The minimum atomic E-state index is -3.65. The van der Waals surface area contributed by atoms with Crippen LogP contribution in [0.15, 0.2) is 72.0 Å². The van der Waals surface area contributed by atoms with E-state index in [1.54, 1.807) is 55.0 Å². The quantitative estimate of drug-likeness (QED) is 0.799. The molecule has 1 aromatic carbocycles. The fourth-order valence-corrected chi connectivity index (χ4v) is 3.10. The first-order valence-corrected chi connectivity index (χ1v) is 8.49. The number of pyridine rings is 2. The van der Waals surface area contributed by atoms with Crippen LogP contribution in [-0.4, -0.2) is 18.4 Å². The van der Waals surface area contributed by atoms with Gasteiger partial charge in [0, 0.05) is 18.6 Å². The van der Waals surface area contributed by atoms with Crippen LogP contribution in [0.2, 0.25) is 0 Å². The van der Waals surface area contributed by atoms with Gasteiger partial charge in [-0.15, -0.1) is 0 Å². The highest BCUT2D eigenvalue weighted by atomic mass is 32.2. The third kappa shape index (κ3) is 3.54. The van der Waals surface area contributed by atoms with Crippen molar-refractivity contribution in [1.29, 1.82) is 0 Å². The summed E-state index contributed by atoms with van der Waals surface area (Å²) in [6.07, 6.45) is 5.01. The van der Waals surface area contributed by atoms with Crippen LogP contribution in [0.1, 0.15) is 5.56 Å². The smallest absolute Gasteiger partial charge is 0.263 e. The van der Waals surface area contributed by atoms with Gasteiger partial charge in [0.25, 0.3) is 10.0 Å². The number of benzene rings is 1. The van der Waals surface area contributed by atoms with Crippen molar-refractivity contribution >= 4 is 15.8 Å². The molecule has 0 radical (unpaired) electrons. The van der Waals surface area contributed by atoms with Crippen molar-refractivity contribution in [2.75, 3.05) is 4.72 Å². The third-order valence-corrected chi connectivity index (χ3v) is 4.70. The zero-order valence-electron chi connectivity index (χ0n) is 12.5. The van der Waals surface area contributed by atoms with Crippen molar-refractivity contribution in [2.24, 2.45) is 0 Å². The SMILES string of the molecule is Cc1ccc(NS(=O)(=O)c2ccc(-c3ccncc3)cc2)nc1. The van der Waals surface area contributed by atoms with Crippen LogP contribution >= 0.6 is 0 Å². The predicted molar refractivity (Wildman–Crippen MR) is 89.5 cm³/mol. The zero-order chi connectivity index (χ0) is 16.3. The minimum absolute atomic E-state index is 0.192. The first-order valence-electron chi connectivity index (χ1n) is 7.00. The average Bonchev–Trinajstić information content (AvgIpc) is 2.58. The van der Waals surface area contributed by atoms with Gasteiger partial charge in [-0.05, 0) is 53.9 Å². The van der Waals surface area contributed by atoms with E-state index in [9.17, 15) is 8.42 Å². The van der Waals surface area contributed by atoms with E-state index in [4.69, 9.17) is 0 Å². The van der Waals surface area contributed by atoms with Crippen LogP contribution in [0, 0.1) is 6.92 Å². The van der Waals surface area contributed by atoms with Gasteiger partial charge in [0.1, 0.15) is 5.82 Å². The van der Waals surface area contributed by atoms with E-state index in [0.717, 1.165) is 16.7 Å². The van der Waals surface area contributed by atoms with Crippen molar-refractivity contribution in [3.63, 3.8) is 0 Å². The number of aromatic nitrogens is 2. The van der Waals surface area contributed by atoms with Crippen LogP contribution in [0.4, 0.5) is 5.82 Å². The Bertz CT molecular complexity index is 891. The molecule has 0 atom stereocenters. The molecular weight excluding hydrogens is 310 g/mol. The van der Waals surface area contributed by atoms with Gasteiger partial charge in [0.05, 0.1) is 4.90 Å². The number of anilines is 1. The minimum Gasteiger partial charge on any atom is -0.265 e. The molecule has 0 bridgehead atoms. The number of nitrogens with zero attached hydrogens (tertiary/aromatic N) is 2. The second kappa shape index (κ2) is 6.18. The number of aryl methyl sites for hydroxylation is 1. The summed E-state index contributed by atoms with van der Waals surface area (Å²) in [5.74, 6) is 0.300. The van der Waals surface area contributed by atoms with E-state index >= 15 is 0 Å². The Labute approximate surface area is 135 Å². The molecule has 0 spiro atoms. The summed E-state index contributed by atoms with van der Waals surface area (Å²) in [5, 5.41) is 0. The molecule has 6 heteroatoms. The highest BCUT2D eigenvalue weighted by Crippen LogP contribution is 2.21. The lowest BCUT2D eigenvalue weighted by atomic mass is 10.1. The lowest BCUT2D eigenvalue weighted by Crippen LogP contribution is -2.13. The third-order valence-electron chi connectivity index (χ3n) is 3.33. The summed E-state index contributed by atoms with van der Waals surface area (Å²) >= 11 is 0. The van der Waals surface area contributed by atoms with E-state index in [2.05, 4.69) is 14.7 Å². The second-order valence-corrected chi connectivity index (χ2v) is 6.77. The summed E-state index contributed by atoms with van der Waals surface area (Å²) < 4.78 is 27.2. The van der Waals surface area contributed by atoms with Crippen LogP contribution < -0.4 is 4.72 Å². The zero-order valence-corrected chi connectivity index (χ0v) is 13.3. The molecule has 0 aliphatic rings. The van der Waals surface area contributed by atoms with E-state index in [0.29, 0.717) is 5.82 Å². The van der Waals surface area contributed by atoms with Gasteiger partial charge in [-0.1, -0.05) is 18.2 Å². The molecule has 116 valence electrons. The normalized spacial score (nSPS) is 11.2. The molecule has 2 aromatic heterocycles.